The molecule has 0 spiro atoms. The molecule has 0 radical (unpaired) electrons. The molecule has 0 aliphatic carbocycles. The number of rotatable bonds is 1. The molecule has 0 saturated heterocycles. The molecule has 3 heteroatoms. The fourth-order valence-electron chi connectivity index (χ4n) is 1.10. The molecular weight excluding hydrogens is 174 g/mol. The summed E-state index contributed by atoms with van der Waals surface area (Å²) in [4.78, 5) is 11.8. The van der Waals surface area contributed by atoms with Gasteiger partial charge in [-0.3, -0.25) is 0 Å². The number of nitrogens with zero attached hydrogens (tertiary/aromatic N) is 3. The first kappa shape index (κ1) is 8.39. The Bertz CT molecular complexity index is 454. The summed E-state index contributed by atoms with van der Waals surface area (Å²) in [6.07, 6.45) is 8.19. The van der Waals surface area contributed by atoms with Gasteiger partial charge in [0, 0.05) is 11.1 Å². The van der Waals surface area contributed by atoms with Gasteiger partial charge in [-0.25, -0.2) is 15.0 Å². The molecule has 0 saturated carbocycles. The molecule has 0 bridgehead atoms. The Morgan fingerprint density at radius 2 is 1.64 bits per heavy atom. The molecule has 0 aliphatic heterocycles. The molecule has 1 heterocycles. The van der Waals surface area contributed by atoms with E-state index in [-0.39, 0.29) is 0 Å². The summed E-state index contributed by atoms with van der Waals surface area (Å²) in [5, 5.41) is 0. The Morgan fingerprint density at radius 3 is 2.21 bits per heavy atom. The maximum absolute atomic E-state index is 5.25. The number of terminal acetylenes is 1. The molecule has 1 aromatic heterocycles. The van der Waals surface area contributed by atoms with Gasteiger partial charge in [0.2, 0.25) is 0 Å². The summed E-state index contributed by atoms with van der Waals surface area (Å²) in [7, 11) is 0. The summed E-state index contributed by atoms with van der Waals surface area (Å²) in [6, 6.07) is 7.51. The van der Waals surface area contributed by atoms with Crippen LogP contribution in [-0.4, -0.2) is 15.0 Å². The Morgan fingerprint density at radius 1 is 1.00 bits per heavy atom. The zero-order valence-electron chi connectivity index (χ0n) is 7.38. The lowest BCUT2D eigenvalue weighted by molar-refractivity contribution is 1.06. The molecule has 2 aromatic rings. The van der Waals surface area contributed by atoms with Gasteiger partial charge in [-0.2, -0.15) is 0 Å². The number of hydrogen-bond acceptors (Lipinski definition) is 3. The average Bonchev–Trinajstić information content (AvgIpc) is 2.30. The zero-order valence-corrected chi connectivity index (χ0v) is 7.38. The SMILES string of the molecule is C#Cc1ccc(-c2ncncn2)cc1. The van der Waals surface area contributed by atoms with Gasteiger partial charge in [-0.1, -0.05) is 5.92 Å². The van der Waals surface area contributed by atoms with Crippen LogP contribution in [0.5, 0.6) is 0 Å². The van der Waals surface area contributed by atoms with Gasteiger partial charge >= 0.3 is 0 Å². The summed E-state index contributed by atoms with van der Waals surface area (Å²) >= 11 is 0. The minimum absolute atomic E-state index is 0.656. The second kappa shape index (κ2) is 3.67. The van der Waals surface area contributed by atoms with Gasteiger partial charge in [-0.15, -0.1) is 6.42 Å². The first-order valence-corrected chi connectivity index (χ1v) is 4.09. The van der Waals surface area contributed by atoms with Gasteiger partial charge < -0.3 is 0 Å². The fourth-order valence-corrected chi connectivity index (χ4v) is 1.10. The third-order valence-corrected chi connectivity index (χ3v) is 1.80. The molecule has 0 N–H and O–H groups in total. The molecule has 0 fully saturated rings. The Hall–Kier alpha value is -2.21. The van der Waals surface area contributed by atoms with Gasteiger partial charge in [0.15, 0.2) is 5.82 Å². The summed E-state index contributed by atoms with van der Waals surface area (Å²) in [5.41, 5.74) is 1.79. The molecule has 14 heavy (non-hydrogen) atoms. The lowest BCUT2D eigenvalue weighted by Crippen LogP contribution is -1.88. The number of aromatic nitrogens is 3. The molecule has 1 aromatic carbocycles. The first-order chi connectivity index (χ1) is 6.90. The van der Waals surface area contributed by atoms with E-state index in [2.05, 4.69) is 20.9 Å². The van der Waals surface area contributed by atoms with Crippen LogP contribution in [-0.2, 0) is 0 Å². The molecular formula is C11H7N3. The van der Waals surface area contributed by atoms with Crippen molar-refractivity contribution in [1.82, 2.24) is 15.0 Å². The lowest BCUT2D eigenvalue weighted by Gasteiger charge is -1.97. The maximum atomic E-state index is 5.25. The van der Waals surface area contributed by atoms with Crippen LogP contribution < -0.4 is 0 Å². The number of benzene rings is 1. The standard InChI is InChI=1S/C11H7N3/c1-2-9-3-5-10(6-4-9)11-13-7-12-8-14-11/h1,3-8H. The van der Waals surface area contributed by atoms with Gasteiger partial charge in [0.25, 0.3) is 0 Å². The highest BCUT2D eigenvalue weighted by Crippen LogP contribution is 2.13. The topological polar surface area (TPSA) is 38.7 Å². The lowest BCUT2D eigenvalue weighted by atomic mass is 10.1. The van der Waals surface area contributed by atoms with Crippen molar-refractivity contribution in [2.45, 2.75) is 0 Å². The monoisotopic (exact) mass is 181 g/mol. The summed E-state index contributed by atoms with van der Waals surface area (Å²) in [6.45, 7) is 0. The highest BCUT2D eigenvalue weighted by molar-refractivity contribution is 5.55. The van der Waals surface area contributed by atoms with E-state index in [0.717, 1.165) is 11.1 Å². The number of hydrogen-bond donors (Lipinski definition) is 0. The summed E-state index contributed by atoms with van der Waals surface area (Å²) in [5.74, 6) is 3.21. The predicted molar refractivity (Wildman–Crippen MR) is 53.2 cm³/mol. The third kappa shape index (κ3) is 1.59. The van der Waals surface area contributed by atoms with Crippen LogP contribution in [0.25, 0.3) is 11.4 Å². The van der Waals surface area contributed by atoms with E-state index in [1.165, 1.54) is 12.7 Å². The quantitative estimate of drug-likeness (QED) is 0.626. The van der Waals surface area contributed by atoms with E-state index < -0.39 is 0 Å². The highest BCUT2D eigenvalue weighted by atomic mass is 15.0. The zero-order chi connectivity index (χ0) is 9.80. The minimum Gasteiger partial charge on any atom is -0.225 e. The second-order valence-corrected chi connectivity index (χ2v) is 2.68. The molecule has 0 amide bonds. The van der Waals surface area contributed by atoms with Crippen molar-refractivity contribution in [3.63, 3.8) is 0 Å². The molecule has 2 rings (SSSR count). The molecule has 0 aliphatic rings. The van der Waals surface area contributed by atoms with E-state index in [9.17, 15) is 0 Å². The van der Waals surface area contributed by atoms with Crippen LogP contribution in [0.15, 0.2) is 36.9 Å². The largest absolute Gasteiger partial charge is 0.225 e. The smallest absolute Gasteiger partial charge is 0.162 e. The third-order valence-electron chi connectivity index (χ3n) is 1.80. The second-order valence-electron chi connectivity index (χ2n) is 2.68. The van der Waals surface area contributed by atoms with Crippen LogP contribution in [0.1, 0.15) is 5.56 Å². The van der Waals surface area contributed by atoms with Gasteiger partial charge in [0.05, 0.1) is 0 Å². The molecule has 66 valence electrons. The van der Waals surface area contributed by atoms with E-state index in [0.29, 0.717) is 5.82 Å². The Balaban J connectivity index is 2.40. The average molecular weight is 181 g/mol. The van der Waals surface area contributed by atoms with Crippen LogP contribution in [0.4, 0.5) is 0 Å². The van der Waals surface area contributed by atoms with Crippen molar-refractivity contribution in [2.75, 3.05) is 0 Å². The normalized spacial score (nSPS) is 9.36. The van der Waals surface area contributed by atoms with Crippen molar-refractivity contribution in [2.24, 2.45) is 0 Å². The van der Waals surface area contributed by atoms with E-state index in [4.69, 9.17) is 6.42 Å². The van der Waals surface area contributed by atoms with Crippen LogP contribution in [0.3, 0.4) is 0 Å². The van der Waals surface area contributed by atoms with Crippen LogP contribution in [0.2, 0.25) is 0 Å². The Kier molecular flexibility index (Phi) is 2.20. The maximum Gasteiger partial charge on any atom is 0.162 e. The minimum atomic E-state index is 0.656. The fraction of sp³-hybridized carbons (Fsp3) is 0. The van der Waals surface area contributed by atoms with Gasteiger partial charge in [-0.05, 0) is 24.3 Å². The van der Waals surface area contributed by atoms with Crippen molar-refractivity contribution in [3.8, 4) is 23.7 Å². The molecule has 0 unspecified atom stereocenters. The van der Waals surface area contributed by atoms with Crippen LogP contribution >= 0.6 is 0 Å². The predicted octanol–water partition coefficient (Wildman–Crippen LogP) is 1.52. The van der Waals surface area contributed by atoms with E-state index in [1.54, 1.807) is 0 Å². The van der Waals surface area contributed by atoms with Crippen molar-refractivity contribution >= 4 is 0 Å². The Labute approximate surface area is 81.9 Å². The molecule has 3 nitrogen and oxygen atoms in total. The molecule has 0 atom stereocenters. The van der Waals surface area contributed by atoms with Crippen LogP contribution in [0, 0.1) is 12.3 Å². The van der Waals surface area contributed by atoms with Crippen molar-refractivity contribution in [3.05, 3.63) is 42.5 Å². The van der Waals surface area contributed by atoms with E-state index in [1.807, 2.05) is 24.3 Å². The highest BCUT2D eigenvalue weighted by Gasteiger charge is 1.98. The summed E-state index contributed by atoms with van der Waals surface area (Å²) < 4.78 is 0. The van der Waals surface area contributed by atoms with Gasteiger partial charge in [0.1, 0.15) is 12.7 Å². The van der Waals surface area contributed by atoms with E-state index >= 15 is 0 Å². The van der Waals surface area contributed by atoms with Crippen molar-refractivity contribution < 1.29 is 0 Å². The van der Waals surface area contributed by atoms with Crippen molar-refractivity contribution in [1.29, 1.82) is 0 Å². The first-order valence-electron chi connectivity index (χ1n) is 4.09.